The Morgan fingerprint density at radius 3 is 2.44 bits per heavy atom. The van der Waals surface area contributed by atoms with Gasteiger partial charge in [-0.15, -0.1) is 0 Å². The smallest absolute Gasteiger partial charge is 0.165 e. The number of methoxy groups -OCH3 is 1. The van der Waals surface area contributed by atoms with E-state index in [1.807, 2.05) is 13.8 Å². The molecule has 1 aliphatic rings. The highest BCUT2D eigenvalue weighted by molar-refractivity contribution is 5.86. The minimum absolute atomic E-state index is 0.182. The molecular weight excluding hydrogens is 228 g/mol. The van der Waals surface area contributed by atoms with E-state index in [1.54, 1.807) is 7.11 Å². The Bertz CT molecular complexity index is 300. The molecule has 0 aromatic heterocycles. The molecule has 1 fully saturated rings. The summed E-state index contributed by atoms with van der Waals surface area (Å²) in [5, 5.41) is 0. The van der Waals surface area contributed by atoms with Crippen molar-refractivity contribution in [3.8, 4) is 0 Å². The molecule has 0 amide bonds. The van der Waals surface area contributed by atoms with E-state index in [1.165, 1.54) is 0 Å². The van der Waals surface area contributed by atoms with Gasteiger partial charge in [0.25, 0.3) is 0 Å². The molecule has 106 valence electrons. The summed E-state index contributed by atoms with van der Waals surface area (Å²) in [5.74, 6) is 0.182. The predicted octanol–water partition coefficient (Wildman–Crippen LogP) is 1.40. The van der Waals surface area contributed by atoms with Crippen molar-refractivity contribution in [3.63, 3.8) is 0 Å². The first-order valence-electron chi connectivity index (χ1n) is 6.71. The molecule has 1 rings (SSSR count). The number of nitrogens with zero attached hydrogens (tertiary/aromatic N) is 2. The Morgan fingerprint density at radius 1 is 1.33 bits per heavy atom. The van der Waals surface area contributed by atoms with Gasteiger partial charge in [-0.05, 0) is 34.7 Å². The monoisotopic (exact) mass is 256 g/mol. The van der Waals surface area contributed by atoms with E-state index in [9.17, 15) is 4.79 Å². The third-order valence-electron chi connectivity index (χ3n) is 4.23. The molecule has 1 aliphatic heterocycles. The van der Waals surface area contributed by atoms with Crippen molar-refractivity contribution in [1.29, 1.82) is 0 Å². The average molecular weight is 256 g/mol. The van der Waals surface area contributed by atoms with Crippen LogP contribution in [0, 0.1) is 0 Å². The number of hydrogen-bond acceptors (Lipinski definition) is 4. The largest absolute Gasteiger partial charge is 0.371 e. The maximum absolute atomic E-state index is 12.0. The Balaban J connectivity index is 2.44. The van der Waals surface area contributed by atoms with E-state index in [-0.39, 0.29) is 11.3 Å². The van der Waals surface area contributed by atoms with Gasteiger partial charge in [0.2, 0.25) is 0 Å². The molecule has 1 heterocycles. The van der Waals surface area contributed by atoms with Crippen LogP contribution in [0.3, 0.4) is 0 Å². The second kappa shape index (κ2) is 5.68. The zero-order valence-corrected chi connectivity index (χ0v) is 12.7. The molecule has 18 heavy (non-hydrogen) atoms. The van der Waals surface area contributed by atoms with Gasteiger partial charge in [-0.1, -0.05) is 0 Å². The highest BCUT2D eigenvalue weighted by Crippen LogP contribution is 2.19. The number of likely N-dealkylation sites (N-methyl/N-ethyl adjacent to an activating group) is 1. The van der Waals surface area contributed by atoms with E-state index < -0.39 is 5.60 Å². The van der Waals surface area contributed by atoms with E-state index >= 15 is 0 Å². The van der Waals surface area contributed by atoms with Gasteiger partial charge in [0.15, 0.2) is 5.78 Å². The first kappa shape index (κ1) is 15.6. The lowest BCUT2D eigenvalue weighted by atomic mass is 9.97. The molecular formula is C14H28N2O2. The van der Waals surface area contributed by atoms with Gasteiger partial charge in [0.05, 0.1) is 0 Å². The van der Waals surface area contributed by atoms with Crippen LogP contribution in [0.2, 0.25) is 0 Å². The highest BCUT2D eigenvalue weighted by Gasteiger charge is 2.32. The average Bonchev–Trinajstić information content (AvgIpc) is 2.30. The quantitative estimate of drug-likeness (QED) is 0.744. The molecule has 0 unspecified atom stereocenters. The van der Waals surface area contributed by atoms with Crippen LogP contribution in [-0.2, 0) is 9.53 Å². The van der Waals surface area contributed by atoms with Gasteiger partial charge in [0, 0.05) is 45.2 Å². The maximum atomic E-state index is 12.0. The molecule has 0 radical (unpaired) electrons. The molecule has 1 saturated heterocycles. The summed E-state index contributed by atoms with van der Waals surface area (Å²) in [5.41, 5.74) is -0.458. The molecule has 4 nitrogen and oxygen atoms in total. The summed E-state index contributed by atoms with van der Waals surface area (Å²) >= 11 is 0. The van der Waals surface area contributed by atoms with Crippen LogP contribution in [0.4, 0.5) is 0 Å². The molecule has 4 heteroatoms. The van der Waals surface area contributed by atoms with Gasteiger partial charge in [-0.3, -0.25) is 14.6 Å². The van der Waals surface area contributed by atoms with Gasteiger partial charge < -0.3 is 4.74 Å². The number of carbonyl (C=O) groups is 1. The molecule has 0 atom stereocenters. The van der Waals surface area contributed by atoms with Crippen LogP contribution in [0.1, 0.15) is 34.1 Å². The fraction of sp³-hybridized carbons (Fsp3) is 0.929. The molecule has 0 bridgehead atoms. The summed E-state index contributed by atoms with van der Waals surface area (Å²) in [7, 11) is 3.76. The Morgan fingerprint density at radius 2 is 1.94 bits per heavy atom. The van der Waals surface area contributed by atoms with Gasteiger partial charge in [-0.2, -0.15) is 0 Å². The Labute approximate surface area is 111 Å². The van der Waals surface area contributed by atoms with Crippen LogP contribution in [0.25, 0.3) is 0 Å². The lowest BCUT2D eigenvalue weighted by molar-refractivity contribution is -0.137. The minimum Gasteiger partial charge on any atom is -0.371 e. The summed E-state index contributed by atoms with van der Waals surface area (Å²) < 4.78 is 5.22. The SMILES string of the molecule is COC(C)(C)C(=O)CCN1CCN(C)C(C)(C)C1. The number of rotatable bonds is 5. The van der Waals surface area contributed by atoms with Crippen molar-refractivity contribution >= 4 is 5.78 Å². The summed E-state index contributed by atoms with van der Waals surface area (Å²) in [6.45, 7) is 12.1. The lowest BCUT2D eigenvalue weighted by Gasteiger charge is -2.45. The first-order valence-corrected chi connectivity index (χ1v) is 6.71. The van der Waals surface area contributed by atoms with Crippen molar-refractivity contribution in [2.24, 2.45) is 0 Å². The van der Waals surface area contributed by atoms with Crippen LogP contribution in [0.5, 0.6) is 0 Å². The predicted molar refractivity (Wildman–Crippen MR) is 73.9 cm³/mol. The van der Waals surface area contributed by atoms with Crippen molar-refractivity contribution in [1.82, 2.24) is 9.80 Å². The zero-order chi connectivity index (χ0) is 14.0. The molecule has 0 aromatic carbocycles. The third-order valence-corrected chi connectivity index (χ3v) is 4.23. The topological polar surface area (TPSA) is 32.8 Å². The number of ketones is 1. The van der Waals surface area contributed by atoms with Crippen LogP contribution in [-0.4, -0.2) is 67.1 Å². The number of ether oxygens (including phenoxy) is 1. The number of hydrogen-bond donors (Lipinski definition) is 0. The molecule has 0 aliphatic carbocycles. The minimum atomic E-state index is -0.651. The van der Waals surface area contributed by atoms with Crippen molar-refractivity contribution < 1.29 is 9.53 Å². The molecule has 0 aromatic rings. The summed E-state index contributed by atoms with van der Waals surface area (Å²) in [6, 6.07) is 0. The van der Waals surface area contributed by atoms with E-state index in [0.717, 1.165) is 26.2 Å². The van der Waals surface area contributed by atoms with Gasteiger partial charge in [0.1, 0.15) is 5.60 Å². The molecule has 0 N–H and O–H groups in total. The molecule has 0 saturated carbocycles. The van der Waals surface area contributed by atoms with Crippen LogP contribution >= 0.6 is 0 Å². The number of piperazine rings is 1. The van der Waals surface area contributed by atoms with Crippen molar-refractivity contribution in [2.45, 2.75) is 45.3 Å². The summed E-state index contributed by atoms with van der Waals surface area (Å²) in [6.07, 6.45) is 0.570. The van der Waals surface area contributed by atoms with E-state index in [2.05, 4.69) is 30.7 Å². The van der Waals surface area contributed by atoms with Gasteiger partial charge >= 0.3 is 0 Å². The normalized spacial score (nSPS) is 22.1. The maximum Gasteiger partial charge on any atom is 0.165 e. The van der Waals surface area contributed by atoms with Crippen molar-refractivity contribution in [3.05, 3.63) is 0 Å². The van der Waals surface area contributed by atoms with Gasteiger partial charge in [-0.25, -0.2) is 0 Å². The standard InChI is InChI=1S/C14H28N2O2/c1-13(2)11-16(10-9-15(13)5)8-7-12(17)14(3,4)18-6/h7-11H2,1-6H3. The Hall–Kier alpha value is -0.450. The summed E-state index contributed by atoms with van der Waals surface area (Å²) in [4.78, 5) is 16.8. The fourth-order valence-electron chi connectivity index (χ4n) is 2.21. The number of Topliss-reactive ketones (excluding diaryl/α,β-unsaturated/α-hetero) is 1. The van der Waals surface area contributed by atoms with E-state index in [0.29, 0.717) is 6.42 Å². The fourth-order valence-corrected chi connectivity index (χ4v) is 2.21. The second-order valence-electron chi connectivity index (χ2n) is 6.40. The Kier molecular flexibility index (Phi) is 4.92. The van der Waals surface area contributed by atoms with E-state index in [4.69, 9.17) is 4.74 Å². The highest BCUT2D eigenvalue weighted by atomic mass is 16.5. The first-order chi connectivity index (χ1) is 8.19. The van der Waals surface area contributed by atoms with Crippen LogP contribution < -0.4 is 0 Å². The number of carbonyl (C=O) groups excluding carboxylic acids is 1. The van der Waals surface area contributed by atoms with Crippen LogP contribution in [0.15, 0.2) is 0 Å². The second-order valence-corrected chi connectivity index (χ2v) is 6.40. The lowest BCUT2D eigenvalue weighted by Crippen LogP contribution is -2.57. The molecule has 0 spiro atoms. The third kappa shape index (κ3) is 3.77. The zero-order valence-electron chi connectivity index (χ0n) is 12.7. The van der Waals surface area contributed by atoms with Crippen molar-refractivity contribution in [2.75, 3.05) is 40.3 Å².